The normalized spacial score (nSPS) is 15.2. The molecule has 1 heterocycles. The Balaban J connectivity index is 1.69. The summed E-state index contributed by atoms with van der Waals surface area (Å²) in [6.45, 7) is 11.4. The molecule has 1 saturated heterocycles. The van der Waals surface area contributed by atoms with Crippen molar-refractivity contribution in [3.05, 3.63) is 29.6 Å². The molecule has 0 radical (unpaired) electrons. The van der Waals surface area contributed by atoms with Crippen molar-refractivity contribution < 1.29 is 23.4 Å². The van der Waals surface area contributed by atoms with Gasteiger partial charge in [0.1, 0.15) is 23.8 Å². The molecule has 0 saturated carbocycles. The summed E-state index contributed by atoms with van der Waals surface area (Å²) in [5, 5.41) is 0. The van der Waals surface area contributed by atoms with E-state index in [-0.39, 0.29) is 23.9 Å². The highest BCUT2D eigenvalue weighted by Crippen LogP contribution is 2.27. The average molecular weight is 353 g/mol. The molecular weight excluding hydrogens is 325 g/mol. The number of benzene rings is 1. The molecule has 0 aliphatic carbocycles. The molecule has 0 bridgehead atoms. The molecule has 0 atom stereocenters. The number of amides is 1. The van der Waals surface area contributed by atoms with E-state index in [9.17, 15) is 9.18 Å². The number of ether oxygens (including phenoxy) is 3. The number of halogens is 1. The zero-order valence-corrected chi connectivity index (χ0v) is 15.7. The lowest BCUT2D eigenvalue weighted by Gasteiger charge is -2.39. The van der Waals surface area contributed by atoms with E-state index >= 15 is 0 Å². The van der Waals surface area contributed by atoms with E-state index in [2.05, 4.69) is 0 Å². The molecule has 1 aromatic carbocycles. The molecule has 1 aromatic rings. The van der Waals surface area contributed by atoms with Crippen molar-refractivity contribution in [3.8, 4) is 5.75 Å². The van der Waals surface area contributed by atoms with Crippen molar-refractivity contribution >= 4 is 6.09 Å². The number of likely N-dealkylation sites (tertiary alicyclic amines) is 1. The lowest BCUT2D eigenvalue weighted by atomic mass is 10.0. The van der Waals surface area contributed by atoms with Gasteiger partial charge >= 0.3 is 6.09 Å². The summed E-state index contributed by atoms with van der Waals surface area (Å²) >= 11 is 0. The lowest BCUT2D eigenvalue weighted by molar-refractivity contribution is -0.0679. The van der Waals surface area contributed by atoms with Gasteiger partial charge in [-0.05, 0) is 38.3 Å². The molecule has 25 heavy (non-hydrogen) atoms. The maximum absolute atomic E-state index is 13.4. The van der Waals surface area contributed by atoms with Gasteiger partial charge in [-0.2, -0.15) is 0 Å². The summed E-state index contributed by atoms with van der Waals surface area (Å²) in [5.41, 5.74) is 0.483. The zero-order valence-electron chi connectivity index (χ0n) is 15.7. The minimum Gasteiger partial charge on any atom is -0.491 e. The smallest absolute Gasteiger partial charge is 0.410 e. The summed E-state index contributed by atoms with van der Waals surface area (Å²) in [6.07, 6.45) is -0.321. The second-order valence-corrected chi connectivity index (χ2v) is 7.56. The van der Waals surface area contributed by atoms with Crippen molar-refractivity contribution in [1.29, 1.82) is 0 Å². The van der Waals surface area contributed by atoms with E-state index in [0.29, 0.717) is 32.1 Å². The van der Waals surface area contributed by atoms with E-state index < -0.39 is 5.60 Å². The van der Waals surface area contributed by atoms with E-state index in [1.807, 2.05) is 34.6 Å². The van der Waals surface area contributed by atoms with Crippen LogP contribution in [0.25, 0.3) is 0 Å². The minimum absolute atomic E-state index is 0.00630. The summed E-state index contributed by atoms with van der Waals surface area (Å²) in [6, 6.07) is 4.60. The maximum Gasteiger partial charge on any atom is 0.410 e. The first-order valence-corrected chi connectivity index (χ1v) is 8.67. The SMILES string of the molecule is CC(C)c1ccc(F)cc1OCCOC1CN(C(=O)OC(C)(C)C)C1. The Morgan fingerprint density at radius 2 is 1.96 bits per heavy atom. The van der Waals surface area contributed by atoms with Crippen LogP contribution in [0.1, 0.15) is 46.1 Å². The highest BCUT2D eigenvalue weighted by atomic mass is 19.1. The molecule has 140 valence electrons. The van der Waals surface area contributed by atoms with E-state index in [1.54, 1.807) is 11.0 Å². The van der Waals surface area contributed by atoms with Crippen molar-refractivity contribution in [1.82, 2.24) is 4.90 Å². The standard InChI is InChI=1S/C19H28FNO4/c1-13(2)16-7-6-14(20)10-17(16)24-9-8-23-15-11-21(12-15)18(22)25-19(3,4)5/h6-7,10,13,15H,8-9,11-12H2,1-5H3. The van der Waals surface area contributed by atoms with Gasteiger partial charge in [-0.15, -0.1) is 0 Å². The lowest BCUT2D eigenvalue weighted by Crippen LogP contribution is -2.56. The molecule has 0 spiro atoms. The summed E-state index contributed by atoms with van der Waals surface area (Å²) in [5.74, 6) is 0.500. The molecule has 1 aliphatic rings. The first kappa shape index (κ1) is 19.5. The molecule has 1 fully saturated rings. The molecule has 6 heteroatoms. The van der Waals surface area contributed by atoms with Gasteiger partial charge in [0.15, 0.2) is 0 Å². The number of hydrogen-bond donors (Lipinski definition) is 0. The third-order valence-electron chi connectivity index (χ3n) is 3.79. The van der Waals surface area contributed by atoms with Crippen LogP contribution in [0.5, 0.6) is 5.75 Å². The summed E-state index contributed by atoms with van der Waals surface area (Å²) < 4.78 is 30.0. The number of hydrogen-bond acceptors (Lipinski definition) is 4. The van der Waals surface area contributed by atoms with E-state index in [0.717, 1.165) is 5.56 Å². The van der Waals surface area contributed by atoms with Crippen molar-refractivity contribution in [2.75, 3.05) is 26.3 Å². The Labute approximate surface area is 149 Å². The predicted octanol–water partition coefficient (Wildman–Crippen LogP) is 3.96. The molecule has 2 rings (SSSR count). The Hall–Kier alpha value is -1.82. The quantitative estimate of drug-likeness (QED) is 0.726. The second kappa shape index (κ2) is 8.04. The molecule has 0 unspecified atom stereocenters. The zero-order chi connectivity index (χ0) is 18.6. The maximum atomic E-state index is 13.4. The monoisotopic (exact) mass is 353 g/mol. The Morgan fingerprint density at radius 3 is 2.56 bits per heavy atom. The van der Waals surface area contributed by atoms with Crippen LogP contribution in [0, 0.1) is 5.82 Å². The Kier molecular flexibility index (Phi) is 6.27. The Morgan fingerprint density at radius 1 is 1.28 bits per heavy atom. The third kappa shape index (κ3) is 5.88. The van der Waals surface area contributed by atoms with Crippen LogP contribution >= 0.6 is 0 Å². The minimum atomic E-state index is -0.490. The highest BCUT2D eigenvalue weighted by molar-refractivity contribution is 5.69. The highest BCUT2D eigenvalue weighted by Gasteiger charge is 2.34. The molecular formula is C19H28FNO4. The first-order chi connectivity index (χ1) is 11.7. The fraction of sp³-hybridized carbons (Fsp3) is 0.632. The summed E-state index contributed by atoms with van der Waals surface area (Å²) in [4.78, 5) is 13.4. The van der Waals surface area contributed by atoms with Crippen molar-refractivity contribution in [2.45, 2.75) is 52.2 Å². The van der Waals surface area contributed by atoms with Crippen LogP contribution in [0.15, 0.2) is 18.2 Å². The van der Waals surface area contributed by atoms with Crippen LogP contribution in [0.4, 0.5) is 9.18 Å². The van der Waals surface area contributed by atoms with E-state index in [4.69, 9.17) is 14.2 Å². The van der Waals surface area contributed by atoms with Crippen molar-refractivity contribution in [3.63, 3.8) is 0 Å². The van der Waals surface area contributed by atoms with Gasteiger partial charge < -0.3 is 19.1 Å². The van der Waals surface area contributed by atoms with Gasteiger partial charge in [0, 0.05) is 6.07 Å². The first-order valence-electron chi connectivity index (χ1n) is 8.67. The van der Waals surface area contributed by atoms with Crippen LogP contribution in [-0.2, 0) is 9.47 Å². The van der Waals surface area contributed by atoms with Gasteiger partial charge in [0.2, 0.25) is 0 Å². The predicted molar refractivity (Wildman–Crippen MR) is 93.5 cm³/mol. The molecule has 0 aromatic heterocycles. The number of rotatable bonds is 6. The third-order valence-corrected chi connectivity index (χ3v) is 3.79. The Bertz CT molecular complexity index is 592. The van der Waals surface area contributed by atoms with Gasteiger partial charge in [-0.3, -0.25) is 0 Å². The van der Waals surface area contributed by atoms with Gasteiger partial charge in [0.05, 0.1) is 25.8 Å². The van der Waals surface area contributed by atoms with Crippen LogP contribution in [-0.4, -0.2) is 49.0 Å². The van der Waals surface area contributed by atoms with Crippen LogP contribution in [0.2, 0.25) is 0 Å². The largest absolute Gasteiger partial charge is 0.491 e. The topological polar surface area (TPSA) is 48.0 Å². The fourth-order valence-electron chi connectivity index (χ4n) is 2.50. The molecule has 1 amide bonds. The van der Waals surface area contributed by atoms with Crippen LogP contribution in [0.3, 0.4) is 0 Å². The summed E-state index contributed by atoms with van der Waals surface area (Å²) in [7, 11) is 0. The van der Waals surface area contributed by atoms with Gasteiger partial charge in [0.25, 0.3) is 0 Å². The average Bonchev–Trinajstić information content (AvgIpc) is 2.42. The number of nitrogens with zero attached hydrogens (tertiary/aromatic N) is 1. The van der Waals surface area contributed by atoms with Crippen molar-refractivity contribution in [2.24, 2.45) is 0 Å². The molecule has 1 aliphatic heterocycles. The second-order valence-electron chi connectivity index (χ2n) is 7.56. The van der Waals surface area contributed by atoms with E-state index in [1.165, 1.54) is 12.1 Å². The molecule has 5 nitrogen and oxygen atoms in total. The fourth-order valence-corrected chi connectivity index (χ4v) is 2.50. The van der Waals surface area contributed by atoms with Gasteiger partial charge in [-0.1, -0.05) is 19.9 Å². The van der Waals surface area contributed by atoms with Crippen LogP contribution < -0.4 is 4.74 Å². The van der Waals surface area contributed by atoms with Gasteiger partial charge in [-0.25, -0.2) is 9.18 Å². The molecule has 0 N–H and O–H groups in total. The number of carbonyl (C=O) groups excluding carboxylic acids is 1. The number of carbonyl (C=O) groups is 1.